The van der Waals surface area contributed by atoms with E-state index in [0.29, 0.717) is 19.4 Å². The lowest BCUT2D eigenvalue weighted by Crippen LogP contribution is -2.46. The van der Waals surface area contributed by atoms with E-state index < -0.39 is 5.41 Å². The SMILES string of the molecule is O=C(NCc1cccnc1)C1(C(=O)NC2CCCCC2)CC1. The Balaban J connectivity index is 1.53. The van der Waals surface area contributed by atoms with Crippen LogP contribution >= 0.6 is 0 Å². The van der Waals surface area contributed by atoms with Crippen molar-refractivity contribution < 1.29 is 9.59 Å². The number of nitrogens with zero attached hydrogens (tertiary/aromatic N) is 1. The molecule has 5 nitrogen and oxygen atoms in total. The number of rotatable bonds is 5. The molecule has 118 valence electrons. The number of amides is 2. The molecule has 0 bridgehead atoms. The van der Waals surface area contributed by atoms with Crippen LogP contribution in [0.5, 0.6) is 0 Å². The van der Waals surface area contributed by atoms with Crippen LogP contribution in [0.4, 0.5) is 0 Å². The second kappa shape index (κ2) is 6.46. The van der Waals surface area contributed by atoms with Gasteiger partial charge in [0.05, 0.1) is 0 Å². The van der Waals surface area contributed by atoms with E-state index >= 15 is 0 Å². The third-order valence-corrected chi connectivity index (χ3v) is 4.74. The van der Waals surface area contributed by atoms with Crippen LogP contribution in [0, 0.1) is 5.41 Å². The first-order chi connectivity index (χ1) is 10.7. The quantitative estimate of drug-likeness (QED) is 0.816. The summed E-state index contributed by atoms with van der Waals surface area (Å²) in [7, 11) is 0. The van der Waals surface area contributed by atoms with Gasteiger partial charge < -0.3 is 10.6 Å². The fraction of sp³-hybridized carbons (Fsp3) is 0.588. The summed E-state index contributed by atoms with van der Waals surface area (Å²) in [6, 6.07) is 4.00. The second-order valence-corrected chi connectivity index (χ2v) is 6.43. The Bertz CT molecular complexity index is 534. The third kappa shape index (κ3) is 3.29. The summed E-state index contributed by atoms with van der Waals surface area (Å²) < 4.78 is 0. The highest BCUT2D eigenvalue weighted by Gasteiger charge is 2.56. The average Bonchev–Trinajstić information content (AvgIpc) is 3.36. The summed E-state index contributed by atoms with van der Waals surface area (Å²) in [5.74, 6) is -0.229. The Labute approximate surface area is 130 Å². The molecule has 3 rings (SSSR count). The van der Waals surface area contributed by atoms with E-state index in [0.717, 1.165) is 18.4 Å². The normalized spacial score (nSPS) is 20.2. The molecule has 0 radical (unpaired) electrons. The van der Waals surface area contributed by atoms with Crippen molar-refractivity contribution in [3.8, 4) is 0 Å². The van der Waals surface area contributed by atoms with E-state index in [1.54, 1.807) is 12.4 Å². The summed E-state index contributed by atoms with van der Waals surface area (Å²) in [6.45, 7) is 0.422. The van der Waals surface area contributed by atoms with Crippen molar-refractivity contribution in [1.82, 2.24) is 15.6 Å². The molecular formula is C17H23N3O2. The summed E-state index contributed by atoms with van der Waals surface area (Å²) in [5.41, 5.74) is 0.124. The van der Waals surface area contributed by atoms with Crippen LogP contribution in [0.15, 0.2) is 24.5 Å². The van der Waals surface area contributed by atoms with E-state index in [-0.39, 0.29) is 17.9 Å². The zero-order valence-electron chi connectivity index (χ0n) is 12.8. The van der Waals surface area contributed by atoms with Gasteiger partial charge in [0.25, 0.3) is 0 Å². The fourth-order valence-electron chi connectivity index (χ4n) is 3.11. The molecule has 22 heavy (non-hydrogen) atoms. The van der Waals surface area contributed by atoms with Crippen LogP contribution in [0.25, 0.3) is 0 Å². The highest BCUT2D eigenvalue weighted by atomic mass is 16.2. The van der Waals surface area contributed by atoms with E-state index in [2.05, 4.69) is 15.6 Å². The molecule has 0 atom stereocenters. The molecule has 2 saturated carbocycles. The summed E-state index contributed by atoms with van der Waals surface area (Å²) in [4.78, 5) is 28.9. The minimum absolute atomic E-state index is 0.0805. The van der Waals surface area contributed by atoms with Crippen molar-refractivity contribution in [2.45, 2.75) is 57.5 Å². The molecule has 0 saturated heterocycles. The van der Waals surface area contributed by atoms with Gasteiger partial charge in [0.15, 0.2) is 0 Å². The molecule has 1 aromatic heterocycles. The first kappa shape index (κ1) is 15.0. The topological polar surface area (TPSA) is 71.1 Å². The summed E-state index contributed by atoms with van der Waals surface area (Å²) in [5, 5.41) is 5.97. The predicted octanol–water partition coefficient (Wildman–Crippen LogP) is 1.93. The fourth-order valence-corrected chi connectivity index (χ4v) is 3.11. The van der Waals surface area contributed by atoms with Gasteiger partial charge >= 0.3 is 0 Å². The molecule has 0 aromatic carbocycles. The molecule has 0 aliphatic heterocycles. The maximum absolute atomic E-state index is 12.5. The maximum Gasteiger partial charge on any atom is 0.235 e. The monoisotopic (exact) mass is 301 g/mol. The minimum atomic E-state index is -0.820. The van der Waals surface area contributed by atoms with Gasteiger partial charge in [0.1, 0.15) is 5.41 Å². The Hall–Kier alpha value is -1.91. The van der Waals surface area contributed by atoms with Crippen molar-refractivity contribution in [3.63, 3.8) is 0 Å². The number of hydrogen-bond acceptors (Lipinski definition) is 3. The largest absolute Gasteiger partial charge is 0.352 e. The van der Waals surface area contributed by atoms with E-state index in [1.165, 1.54) is 19.3 Å². The minimum Gasteiger partial charge on any atom is -0.352 e. The number of hydrogen-bond donors (Lipinski definition) is 2. The zero-order chi connectivity index (χ0) is 15.4. The molecule has 2 aliphatic carbocycles. The smallest absolute Gasteiger partial charge is 0.235 e. The Morgan fingerprint density at radius 3 is 2.59 bits per heavy atom. The predicted molar refractivity (Wildman–Crippen MR) is 82.8 cm³/mol. The van der Waals surface area contributed by atoms with Crippen LogP contribution in [0.3, 0.4) is 0 Å². The van der Waals surface area contributed by atoms with E-state index in [4.69, 9.17) is 0 Å². The number of aromatic nitrogens is 1. The molecule has 0 unspecified atom stereocenters. The number of carbonyl (C=O) groups is 2. The van der Waals surface area contributed by atoms with Gasteiger partial charge in [0.2, 0.25) is 11.8 Å². The molecule has 0 spiro atoms. The number of pyridine rings is 1. The first-order valence-electron chi connectivity index (χ1n) is 8.19. The van der Waals surface area contributed by atoms with Gasteiger partial charge in [-0.15, -0.1) is 0 Å². The van der Waals surface area contributed by atoms with Gasteiger partial charge in [-0.25, -0.2) is 0 Å². The maximum atomic E-state index is 12.5. The van der Waals surface area contributed by atoms with Crippen LogP contribution in [-0.4, -0.2) is 22.8 Å². The standard InChI is InChI=1S/C17H23N3O2/c21-15(19-12-13-5-4-10-18-11-13)17(8-9-17)16(22)20-14-6-2-1-3-7-14/h4-5,10-11,14H,1-3,6-9,12H2,(H,19,21)(H,20,22). The van der Waals surface area contributed by atoms with Gasteiger partial charge in [-0.3, -0.25) is 14.6 Å². The molecule has 1 heterocycles. The Morgan fingerprint density at radius 2 is 1.95 bits per heavy atom. The Morgan fingerprint density at radius 1 is 1.18 bits per heavy atom. The van der Waals surface area contributed by atoms with Crippen molar-refractivity contribution in [2.24, 2.45) is 5.41 Å². The highest BCUT2D eigenvalue weighted by molar-refractivity contribution is 6.07. The van der Waals surface area contributed by atoms with Crippen molar-refractivity contribution in [3.05, 3.63) is 30.1 Å². The van der Waals surface area contributed by atoms with E-state index in [9.17, 15) is 9.59 Å². The van der Waals surface area contributed by atoms with Gasteiger partial charge in [0, 0.05) is 25.0 Å². The van der Waals surface area contributed by atoms with Crippen LogP contribution in [0.2, 0.25) is 0 Å². The van der Waals surface area contributed by atoms with Crippen molar-refractivity contribution in [1.29, 1.82) is 0 Å². The Kier molecular flexibility index (Phi) is 4.41. The number of carbonyl (C=O) groups excluding carboxylic acids is 2. The third-order valence-electron chi connectivity index (χ3n) is 4.74. The lowest BCUT2D eigenvalue weighted by molar-refractivity contribution is -0.137. The van der Waals surface area contributed by atoms with Gasteiger partial charge in [-0.05, 0) is 37.3 Å². The second-order valence-electron chi connectivity index (χ2n) is 6.43. The van der Waals surface area contributed by atoms with Crippen LogP contribution in [0.1, 0.15) is 50.5 Å². The zero-order valence-corrected chi connectivity index (χ0v) is 12.8. The summed E-state index contributed by atoms with van der Waals surface area (Å²) in [6.07, 6.45) is 10.4. The molecular weight excluding hydrogens is 278 g/mol. The molecule has 1 aromatic rings. The molecule has 2 amide bonds. The van der Waals surface area contributed by atoms with Gasteiger partial charge in [-0.1, -0.05) is 25.3 Å². The van der Waals surface area contributed by atoms with Crippen LogP contribution < -0.4 is 10.6 Å². The lowest BCUT2D eigenvalue weighted by atomic mass is 9.94. The number of nitrogens with one attached hydrogen (secondary N) is 2. The highest BCUT2D eigenvalue weighted by Crippen LogP contribution is 2.46. The summed E-state index contributed by atoms with van der Waals surface area (Å²) >= 11 is 0. The molecule has 2 aliphatic rings. The van der Waals surface area contributed by atoms with Gasteiger partial charge in [-0.2, -0.15) is 0 Å². The first-order valence-corrected chi connectivity index (χ1v) is 8.19. The molecule has 5 heteroatoms. The van der Waals surface area contributed by atoms with Crippen LogP contribution in [-0.2, 0) is 16.1 Å². The lowest BCUT2D eigenvalue weighted by Gasteiger charge is -2.25. The van der Waals surface area contributed by atoms with E-state index in [1.807, 2.05) is 12.1 Å². The molecule has 2 fully saturated rings. The molecule has 2 N–H and O–H groups in total. The average molecular weight is 301 g/mol. The van der Waals surface area contributed by atoms with Crippen molar-refractivity contribution in [2.75, 3.05) is 0 Å². The van der Waals surface area contributed by atoms with Crippen molar-refractivity contribution >= 4 is 11.8 Å².